The molecule has 0 unspecified atom stereocenters. The van der Waals surface area contributed by atoms with Gasteiger partial charge in [0.15, 0.2) is 0 Å². The molecule has 2 aromatic carbocycles. The Balaban J connectivity index is 2.52. The molecule has 0 spiro atoms. The second-order valence-corrected chi connectivity index (χ2v) is 5.26. The molecule has 0 radical (unpaired) electrons. The smallest absolute Gasteiger partial charge is 0.0822 e. The van der Waals surface area contributed by atoms with E-state index in [2.05, 4.69) is 62.4 Å². The molecule has 1 nitrogen and oxygen atoms in total. The fourth-order valence-electron chi connectivity index (χ4n) is 2.93. The Morgan fingerprint density at radius 2 is 1.58 bits per heavy atom. The van der Waals surface area contributed by atoms with Crippen LogP contribution < -0.4 is 0 Å². The van der Waals surface area contributed by atoms with Crippen molar-refractivity contribution in [2.75, 3.05) is 0 Å². The van der Waals surface area contributed by atoms with E-state index in [0.717, 1.165) is 25.7 Å². The van der Waals surface area contributed by atoms with E-state index in [1.54, 1.807) is 0 Å². The highest BCUT2D eigenvalue weighted by atomic mass is 14.4. The van der Waals surface area contributed by atoms with Crippen LogP contribution in [-0.2, 0) is 5.41 Å². The topological polar surface area (TPSA) is 23.8 Å². The first kappa shape index (κ1) is 13.6. The second-order valence-electron chi connectivity index (χ2n) is 5.26. The molecule has 98 valence electrons. The fraction of sp³-hybridized carbons (Fsp3) is 0.389. The van der Waals surface area contributed by atoms with Gasteiger partial charge in [0, 0.05) is 0 Å². The minimum atomic E-state index is -0.312. The first-order chi connectivity index (χ1) is 9.25. The van der Waals surface area contributed by atoms with E-state index in [0.29, 0.717) is 0 Å². The summed E-state index contributed by atoms with van der Waals surface area (Å²) in [6, 6.07) is 17.4. The summed E-state index contributed by atoms with van der Waals surface area (Å²) < 4.78 is 0. The molecule has 0 bridgehead atoms. The van der Waals surface area contributed by atoms with Gasteiger partial charge in [0.2, 0.25) is 0 Å². The molecular formula is C18H21N. The van der Waals surface area contributed by atoms with Crippen LogP contribution in [-0.4, -0.2) is 0 Å². The lowest BCUT2D eigenvalue weighted by Crippen LogP contribution is -2.23. The molecule has 0 amide bonds. The predicted octanol–water partition coefficient (Wildman–Crippen LogP) is 5.20. The maximum absolute atomic E-state index is 9.71. The summed E-state index contributed by atoms with van der Waals surface area (Å²) >= 11 is 0. The summed E-state index contributed by atoms with van der Waals surface area (Å²) in [4.78, 5) is 0. The number of rotatable bonds is 5. The zero-order valence-corrected chi connectivity index (χ0v) is 11.8. The van der Waals surface area contributed by atoms with E-state index in [9.17, 15) is 5.26 Å². The summed E-state index contributed by atoms with van der Waals surface area (Å²) in [5, 5.41) is 12.2. The number of fused-ring (bicyclic) bond motifs is 1. The van der Waals surface area contributed by atoms with Gasteiger partial charge in [0.1, 0.15) is 0 Å². The quantitative estimate of drug-likeness (QED) is 0.716. The average molecular weight is 251 g/mol. The lowest BCUT2D eigenvalue weighted by molar-refractivity contribution is 0.454. The van der Waals surface area contributed by atoms with E-state index in [1.165, 1.54) is 16.3 Å². The van der Waals surface area contributed by atoms with Gasteiger partial charge in [-0.25, -0.2) is 0 Å². The SMILES string of the molecule is CCCC(C#N)(CCC)c1ccc2ccccc2c1. The van der Waals surface area contributed by atoms with Crippen LogP contribution in [0.15, 0.2) is 42.5 Å². The Morgan fingerprint density at radius 1 is 0.947 bits per heavy atom. The molecule has 0 N–H and O–H groups in total. The number of benzene rings is 2. The first-order valence-corrected chi connectivity index (χ1v) is 7.16. The summed E-state index contributed by atoms with van der Waals surface area (Å²) in [5.74, 6) is 0. The average Bonchev–Trinajstić information content (AvgIpc) is 2.46. The van der Waals surface area contributed by atoms with Crippen molar-refractivity contribution in [3.63, 3.8) is 0 Å². The van der Waals surface area contributed by atoms with E-state index in [4.69, 9.17) is 0 Å². The van der Waals surface area contributed by atoms with Crippen LogP contribution in [0.5, 0.6) is 0 Å². The summed E-state index contributed by atoms with van der Waals surface area (Å²) in [7, 11) is 0. The van der Waals surface area contributed by atoms with Crippen LogP contribution >= 0.6 is 0 Å². The van der Waals surface area contributed by atoms with Gasteiger partial charge in [-0.2, -0.15) is 5.26 Å². The molecule has 0 aromatic heterocycles. The van der Waals surface area contributed by atoms with Crippen molar-refractivity contribution >= 4 is 10.8 Å². The molecule has 19 heavy (non-hydrogen) atoms. The number of hydrogen-bond donors (Lipinski definition) is 0. The van der Waals surface area contributed by atoms with E-state index >= 15 is 0 Å². The van der Waals surface area contributed by atoms with Crippen LogP contribution in [0.4, 0.5) is 0 Å². The Morgan fingerprint density at radius 3 is 2.16 bits per heavy atom. The van der Waals surface area contributed by atoms with Crippen molar-refractivity contribution in [2.45, 2.75) is 44.9 Å². The van der Waals surface area contributed by atoms with E-state index in [1.807, 2.05) is 0 Å². The molecule has 0 fully saturated rings. The minimum Gasteiger partial charge on any atom is -0.197 e. The Labute approximate surface area is 115 Å². The van der Waals surface area contributed by atoms with Crippen LogP contribution in [0.2, 0.25) is 0 Å². The predicted molar refractivity (Wildman–Crippen MR) is 81.1 cm³/mol. The zero-order chi connectivity index (χ0) is 13.7. The van der Waals surface area contributed by atoms with Crippen LogP contribution in [0.3, 0.4) is 0 Å². The third-order valence-corrected chi connectivity index (χ3v) is 3.87. The van der Waals surface area contributed by atoms with E-state index in [-0.39, 0.29) is 5.41 Å². The summed E-state index contributed by atoms with van der Waals surface area (Å²) in [6.45, 7) is 4.31. The van der Waals surface area contributed by atoms with Crippen molar-refractivity contribution in [3.05, 3.63) is 48.0 Å². The highest BCUT2D eigenvalue weighted by molar-refractivity contribution is 5.83. The maximum atomic E-state index is 9.71. The molecule has 2 rings (SSSR count). The molecule has 0 heterocycles. The number of nitrogens with zero attached hydrogens (tertiary/aromatic N) is 1. The van der Waals surface area contributed by atoms with Gasteiger partial charge in [-0.1, -0.05) is 63.1 Å². The minimum absolute atomic E-state index is 0.312. The molecule has 0 aliphatic heterocycles. The van der Waals surface area contributed by atoms with Gasteiger partial charge >= 0.3 is 0 Å². The van der Waals surface area contributed by atoms with Gasteiger partial charge in [-0.3, -0.25) is 0 Å². The molecule has 0 aliphatic rings. The first-order valence-electron chi connectivity index (χ1n) is 7.16. The lowest BCUT2D eigenvalue weighted by Gasteiger charge is -2.26. The molecular weight excluding hydrogens is 230 g/mol. The second kappa shape index (κ2) is 5.89. The van der Waals surface area contributed by atoms with Gasteiger partial charge in [-0.15, -0.1) is 0 Å². The lowest BCUT2D eigenvalue weighted by atomic mass is 9.74. The Bertz CT molecular complexity index is 586. The third kappa shape index (κ3) is 2.63. The van der Waals surface area contributed by atoms with Crippen molar-refractivity contribution in [2.24, 2.45) is 0 Å². The van der Waals surface area contributed by atoms with Gasteiger partial charge in [-0.05, 0) is 35.2 Å². The van der Waals surface area contributed by atoms with Crippen molar-refractivity contribution in [1.82, 2.24) is 0 Å². The molecule has 0 aliphatic carbocycles. The van der Waals surface area contributed by atoms with Crippen LogP contribution in [0.25, 0.3) is 10.8 Å². The molecule has 1 heteroatoms. The van der Waals surface area contributed by atoms with Gasteiger partial charge < -0.3 is 0 Å². The van der Waals surface area contributed by atoms with Crippen LogP contribution in [0, 0.1) is 11.3 Å². The molecule has 2 aromatic rings. The fourth-order valence-corrected chi connectivity index (χ4v) is 2.93. The summed E-state index contributed by atoms with van der Waals surface area (Å²) in [6.07, 6.45) is 3.96. The highest BCUT2D eigenvalue weighted by Gasteiger charge is 2.30. The Kier molecular flexibility index (Phi) is 4.22. The summed E-state index contributed by atoms with van der Waals surface area (Å²) in [5.41, 5.74) is 0.866. The number of nitriles is 1. The number of hydrogen-bond acceptors (Lipinski definition) is 1. The highest BCUT2D eigenvalue weighted by Crippen LogP contribution is 2.35. The maximum Gasteiger partial charge on any atom is 0.0822 e. The van der Waals surface area contributed by atoms with Crippen molar-refractivity contribution in [3.8, 4) is 6.07 Å². The Hall–Kier alpha value is -1.81. The molecule has 0 atom stereocenters. The van der Waals surface area contributed by atoms with E-state index < -0.39 is 0 Å². The van der Waals surface area contributed by atoms with Gasteiger partial charge in [0.05, 0.1) is 11.5 Å². The monoisotopic (exact) mass is 251 g/mol. The zero-order valence-electron chi connectivity index (χ0n) is 11.8. The molecule has 0 saturated heterocycles. The van der Waals surface area contributed by atoms with Crippen molar-refractivity contribution < 1.29 is 0 Å². The van der Waals surface area contributed by atoms with Crippen LogP contribution in [0.1, 0.15) is 45.1 Å². The molecule has 0 saturated carbocycles. The third-order valence-electron chi connectivity index (χ3n) is 3.87. The normalized spacial score (nSPS) is 11.4. The van der Waals surface area contributed by atoms with Gasteiger partial charge in [0.25, 0.3) is 0 Å². The largest absolute Gasteiger partial charge is 0.197 e. The standard InChI is InChI=1S/C18H21N/c1-3-11-18(14-19,12-4-2)17-10-9-15-7-5-6-8-16(15)13-17/h5-10,13H,3-4,11-12H2,1-2H3. The van der Waals surface area contributed by atoms with Crippen molar-refractivity contribution in [1.29, 1.82) is 5.26 Å².